The van der Waals surface area contributed by atoms with E-state index >= 15 is 0 Å². The third kappa shape index (κ3) is 2.88. The Morgan fingerprint density at radius 3 is 2.93 bits per heavy atom. The van der Waals surface area contributed by atoms with Crippen LogP contribution in [-0.4, -0.2) is 22.7 Å². The predicted octanol–water partition coefficient (Wildman–Crippen LogP) is 2.22. The fourth-order valence-electron chi connectivity index (χ4n) is 0.877. The van der Waals surface area contributed by atoms with Crippen molar-refractivity contribution in [2.24, 2.45) is 0 Å². The molecule has 4 nitrogen and oxygen atoms in total. The first-order valence-corrected chi connectivity index (χ1v) is 4.55. The quantitative estimate of drug-likeness (QED) is 0.783. The van der Waals surface area contributed by atoms with Gasteiger partial charge in [0.25, 0.3) is 0 Å². The fourth-order valence-corrected chi connectivity index (χ4v) is 1.08. The maximum atomic E-state index is 10.6. The lowest BCUT2D eigenvalue weighted by molar-refractivity contribution is 0.0696. The molecule has 0 unspecified atom stereocenters. The summed E-state index contributed by atoms with van der Waals surface area (Å²) in [5, 5.41) is 8.84. The van der Waals surface area contributed by atoms with E-state index in [1.165, 1.54) is 12.1 Å². The molecular weight excluding hydrogens is 206 g/mol. The van der Waals surface area contributed by atoms with Crippen LogP contribution < -0.4 is 4.74 Å². The van der Waals surface area contributed by atoms with Gasteiger partial charge in [-0.15, -0.1) is 0 Å². The average Bonchev–Trinajstić information content (AvgIpc) is 2.14. The van der Waals surface area contributed by atoms with Crippen molar-refractivity contribution < 1.29 is 14.6 Å². The minimum atomic E-state index is -1.05. The van der Waals surface area contributed by atoms with Crippen LogP contribution in [0, 0.1) is 0 Å². The smallest absolute Gasteiger partial charge is 0.335 e. The molecule has 1 heterocycles. The monoisotopic (exact) mass is 215 g/mol. The summed E-state index contributed by atoms with van der Waals surface area (Å²) in [7, 11) is 0. The zero-order valence-electron chi connectivity index (χ0n) is 7.66. The SMILES string of the molecule is CCCOc1cc(C(=O)O)cc(Cl)n1. The van der Waals surface area contributed by atoms with Crippen LogP contribution in [0.3, 0.4) is 0 Å². The molecule has 0 aromatic carbocycles. The molecule has 0 atom stereocenters. The second kappa shape index (κ2) is 4.81. The van der Waals surface area contributed by atoms with E-state index in [0.29, 0.717) is 6.61 Å². The van der Waals surface area contributed by atoms with E-state index in [1.54, 1.807) is 0 Å². The van der Waals surface area contributed by atoms with Crippen molar-refractivity contribution in [1.29, 1.82) is 0 Å². The van der Waals surface area contributed by atoms with Crippen LogP contribution >= 0.6 is 11.6 Å². The summed E-state index contributed by atoms with van der Waals surface area (Å²) in [6.45, 7) is 2.44. The topological polar surface area (TPSA) is 59.4 Å². The van der Waals surface area contributed by atoms with Gasteiger partial charge in [-0.1, -0.05) is 18.5 Å². The molecule has 0 bridgehead atoms. The molecule has 1 N–H and O–H groups in total. The zero-order valence-corrected chi connectivity index (χ0v) is 8.41. The molecular formula is C9H10ClNO3. The fraction of sp³-hybridized carbons (Fsp3) is 0.333. The summed E-state index contributed by atoms with van der Waals surface area (Å²) in [5.41, 5.74) is 0.0797. The number of ether oxygens (including phenoxy) is 1. The summed E-state index contributed by atoms with van der Waals surface area (Å²) < 4.78 is 5.17. The molecule has 0 aliphatic heterocycles. The molecule has 0 saturated heterocycles. The number of carboxylic acid groups (broad SMARTS) is 1. The van der Waals surface area contributed by atoms with Crippen molar-refractivity contribution in [2.45, 2.75) is 13.3 Å². The molecule has 0 radical (unpaired) electrons. The number of pyridine rings is 1. The molecule has 14 heavy (non-hydrogen) atoms. The van der Waals surface area contributed by atoms with E-state index < -0.39 is 5.97 Å². The van der Waals surface area contributed by atoms with Crippen molar-refractivity contribution in [3.05, 3.63) is 22.8 Å². The highest BCUT2D eigenvalue weighted by molar-refractivity contribution is 6.29. The molecule has 0 spiro atoms. The van der Waals surface area contributed by atoms with Crippen LogP contribution in [0.2, 0.25) is 5.15 Å². The van der Waals surface area contributed by atoms with Crippen LogP contribution in [0.4, 0.5) is 0 Å². The highest BCUT2D eigenvalue weighted by Gasteiger charge is 2.07. The highest BCUT2D eigenvalue weighted by Crippen LogP contribution is 2.16. The van der Waals surface area contributed by atoms with Gasteiger partial charge in [-0.2, -0.15) is 0 Å². The number of hydrogen-bond acceptors (Lipinski definition) is 3. The Labute approximate surface area is 86.5 Å². The van der Waals surface area contributed by atoms with E-state index in [2.05, 4.69) is 4.98 Å². The van der Waals surface area contributed by atoms with E-state index in [9.17, 15) is 4.79 Å². The molecule has 0 fully saturated rings. The van der Waals surface area contributed by atoms with E-state index in [0.717, 1.165) is 6.42 Å². The standard InChI is InChI=1S/C9H10ClNO3/c1-2-3-14-8-5-6(9(12)13)4-7(10)11-8/h4-5H,2-3H2,1H3,(H,12,13). The van der Waals surface area contributed by atoms with Gasteiger partial charge < -0.3 is 9.84 Å². The summed E-state index contributed by atoms with van der Waals surface area (Å²) in [4.78, 5) is 14.5. The molecule has 0 aliphatic carbocycles. The first-order valence-electron chi connectivity index (χ1n) is 4.17. The highest BCUT2D eigenvalue weighted by atomic mass is 35.5. The number of halogens is 1. The Balaban J connectivity index is 2.89. The van der Waals surface area contributed by atoms with Gasteiger partial charge in [0.1, 0.15) is 5.15 Å². The van der Waals surface area contributed by atoms with Crippen molar-refractivity contribution in [3.8, 4) is 5.88 Å². The Kier molecular flexibility index (Phi) is 3.71. The summed E-state index contributed by atoms with van der Waals surface area (Å²) in [6.07, 6.45) is 0.830. The van der Waals surface area contributed by atoms with Crippen LogP contribution in [0.25, 0.3) is 0 Å². The first kappa shape index (κ1) is 10.8. The predicted molar refractivity (Wildman–Crippen MR) is 52.0 cm³/mol. The molecule has 76 valence electrons. The van der Waals surface area contributed by atoms with Gasteiger partial charge in [-0.3, -0.25) is 0 Å². The third-order valence-corrected chi connectivity index (χ3v) is 1.67. The van der Waals surface area contributed by atoms with Crippen molar-refractivity contribution in [3.63, 3.8) is 0 Å². The van der Waals surface area contributed by atoms with Crippen molar-refractivity contribution in [2.75, 3.05) is 6.61 Å². The number of aromatic nitrogens is 1. The van der Waals surface area contributed by atoms with Gasteiger partial charge in [0, 0.05) is 6.07 Å². The second-order valence-electron chi connectivity index (χ2n) is 2.67. The number of aromatic carboxylic acids is 1. The second-order valence-corrected chi connectivity index (χ2v) is 3.06. The molecule has 0 aliphatic rings. The van der Waals surface area contributed by atoms with Gasteiger partial charge >= 0.3 is 5.97 Å². The normalized spacial score (nSPS) is 9.86. The molecule has 1 aromatic rings. The van der Waals surface area contributed by atoms with Crippen LogP contribution in [0.15, 0.2) is 12.1 Å². The number of carbonyl (C=O) groups is 1. The number of rotatable bonds is 4. The first-order chi connectivity index (χ1) is 6.63. The lowest BCUT2D eigenvalue weighted by Crippen LogP contribution is -2.01. The van der Waals surface area contributed by atoms with Gasteiger partial charge in [0.2, 0.25) is 5.88 Å². The van der Waals surface area contributed by atoms with Crippen LogP contribution in [0.5, 0.6) is 5.88 Å². The van der Waals surface area contributed by atoms with Crippen molar-refractivity contribution >= 4 is 17.6 Å². The Morgan fingerprint density at radius 2 is 2.36 bits per heavy atom. The number of hydrogen-bond donors (Lipinski definition) is 1. The maximum Gasteiger partial charge on any atom is 0.335 e. The minimum Gasteiger partial charge on any atom is -0.478 e. The van der Waals surface area contributed by atoms with Crippen LogP contribution in [-0.2, 0) is 0 Å². The molecule has 1 rings (SSSR count). The summed E-state index contributed by atoms with van der Waals surface area (Å²) >= 11 is 5.62. The molecule has 0 saturated carbocycles. The average molecular weight is 216 g/mol. The molecule has 5 heteroatoms. The summed E-state index contributed by atoms with van der Waals surface area (Å²) in [6, 6.07) is 2.63. The van der Waals surface area contributed by atoms with Gasteiger partial charge in [-0.05, 0) is 12.5 Å². The lowest BCUT2D eigenvalue weighted by atomic mass is 10.3. The molecule has 0 amide bonds. The van der Waals surface area contributed by atoms with Crippen LogP contribution in [0.1, 0.15) is 23.7 Å². The zero-order chi connectivity index (χ0) is 10.6. The number of carboxylic acids is 1. The summed E-state index contributed by atoms with van der Waals surface area (Å²) in [5.74, 6) is -0.799. The Morgan fingerprint density at radius 1 is 1.64 bits per heavy atom. The van der Waals surface area contributed by atoms with Crippen molar-refractivity contribution in [1.82, 2.24) is 4.98 Å². The Bertz CT molecular complexity index is 341. The minimum absolute atomic E-state index is 0.0797. The maximum absolute atomic E-state index is 10.6. The number of nitrogens with zero attached hydrogens (tertiary/aromatic N) is 1. The van der Waals surface area contributed by atoms with Gasteiger partial charge in [-0.25, -0.2) is 9.78 Å². The van der Waals surface area contributed by atoms with E-state index in [4.69, 9.17) is 21.4 Å². The van der Waals surface area contributed by atoms with E-state index in [1.807, 2.05) is 6.92 Å². The largest absolute Gasteiger partial charge is 0.478 e. The van der Waals surface area contributed by atoms with Gasteiger partial charge in [0.05, 0.1) is 12.2 Å². The molecule has 1 aromatic heterocycles. The lowest BCUT2D eigenvalue weighted by Gasteiger charge is -2.04. The van der Waals surface area contributed by atoms with E-state index in [-0.39, 0.29) is 16.6 Å². The Hall–Kier alpha value is -1.29. The third-order valence-electron chi connectivity index (χ3n) is 1.47. The van der Waals surface area contributed by atoms with Gasteiger partial charge in [0.15, 0.2) is 0 Å².